The maximum atomic E-state index is 12.6. The zero-order valence-electron chi connectivity index (χ0n) is 9.23. The number of halogens is 1. The van der Waals surface area contributed by atoms with Crippen molar-refractivity contribution in [3.63, 3.8) is 0 Å². The predicted molar refractivity (Wildman–Crippen MR) is 60.2 cm³/mol. The van der Waals surface area contributed by atoms with Crippen LogP contribution in [-0.4, -0.2) is 22.9 Å². The molecule has 0 spiro atoms. The van der Waals surface area contributed by atoms with Crippen LogP contribution in [0.25, 0.3) is 0 Å². The van der Waals surface area contributed by atoms with Gasteiger partial charge in [-0.1, -0.05) is 0 Å². The van der Waals surface area contributed by atoms with Crippen molar-refractivity contribution < 1.29 is 19.1 Å². The molecule has 0 radical (unpaired) electrons. The molecule has 3 N–H and O–H groups in total. The van der Waals surface area contributed by atoms with Gasteiger partial charge in [-0.15, -0.1) is 0 Å². The Kier molecular flexibility index (Phi) is 4.78. The van der Waals surface area contributed by atoms with E-state index in [0.717, 1.165) is 0 Å². The van der Waals surface area contributed by atoms with E-state index in [1.807, 2.05) is 0 Å². The average molecular weight is 239 g/mol. The monoisotopic (exact) mass is 239 g/mol. The molecule has 0 aliphatic carbocycles. The second-order valence-electron chi connectivity index (χ2n) is 3.77. The molecule has 0 saturated carbocycles. The molecule has 0 heterocycles. The summed E-state index contributed by atoms with van der Waals surface area (Å²) in [5, 5.41) is 8.54. The smallest absolute Gasteiger partial charge is 0.320 e. The van der Waals surface area contributed by atoms with Crippen LogP contribution in [0.2, 0.25) is 0 Å². The van der Waals surface area contributed by atoms with Gasteiger partial charge in [0.1, 0.15) is 11.9 Å². The van der Waals surface area contributed by atoms with Crippen LogP contribution in [0.1, 0.15) is 29.6 Å². The van der Waals surface area contributed by atoms with Gasteiger partial charge in [0.05, 0.1) is 0 Å². The molecule has 92 valence electrons. The Hall–Kier alpha value is -1.75. The minimum atomic E-state index is -1.07. The quantitative estimate of drug-likeness (QED) is 0.739. The lowest BCUT2D eigenvalue weighted by Crippen LogP contribution is -2.29. The standard InChI is InChI=1S/C12H14FNO3/c13-9-6-4-8(5-7-9)11(15)3-1-2-10(14)12(16)17/h4-7,10H,1-3,14H2,(H,16,17). The first-order valence-electron chi connectivity index (χ1n) is 5.28. The van der Waals surface area contributed by atoms with Crippen molar-refractivity contribution in [3.8, 4) is 0 Å². The Bertz CT molecular complexity index is 403. The summed E-state index contributed by atoms with van der Waals surface area (Å²) in [5.74, 6) is -1.60. The third-order valence-corrected chi connectivity index (χ3v) is 2.40. The number of ketones is 1. The molecule has 1 atom stereocenters. The van der Waals surface area contributed by atoms with Gasteiger partial charge in [-0.2, -0.15) is 0 Å². The Morgan fingerprint density at radius 1 is 1.29 bits per heavy atom. The van der Waals surface area contributed by atoms with Crippen LogP contribution in [-0.2, 0) is 4.79 Å². The highest BCUT2D eigenvalue weighted by molar-refractivity contribution is 5.95. The summed E-state index contributed by atoms with van der Waals surface area (Å²) < 4.78 is 12.6. The van der Waals surface area contributed by atoms with Gasteiger partial charge in [-0.25, -0.2) is 4.39 Å². The van der Waals surface area contributed by atoms with E-state index >= 15 is 0 Å². The highest BCUT2D eigenvalue weighted by Gasteiger charge is 2.12. The van der Waals surface area contributed by atoms with Crippen molar-refractivity contribution in [1.29, 1.82) is 0 Å². The van der Waals surface area contributed by atoms with Crippen molar-refractivity contribution in [2.75, 3.05) is 0 Å². The van der Waals surface area contributed by atoms with Gasteiger partial charge in [0.25, 0.3) is 0 Å². The fourth-order valence-corrected chi connectivity index (χ4v) is 1.39. The number of hydrogen-bond acceptors (Lipinski definition) is 3. The maximum Gasteiger partial charge on any atom is 0.320 e. The zero-order valence-corrected chi connectivity index (χ0v) is 9.23. The molecule has 1 aromatic carbocycles. The lowest BCUT2D eigenvalue weighted by Gasteiger charge is -2.05. The van der Waals surface area contributed by atoms with E-state index in [9.17, 15) is 14.0 Å². The molecule has 0 fully saturated rings. The average Bonchev–Trinajstić information content (AvgIpc) is 2.29. The highest BCUT2D eigenvalue weighted by atomic mass is 19.1. The minimum absolute atomic E-state index is 0.136. The second-order valence-corrected chi connectivity index (χ2v) is 3.77. The third-order valence-electron chi connectivity index (χ3n) is 2.40. The zero-order chi connectivity index (χ0) is 12.8. The number of hydrogen-bond donors (Lipinski definition) is 2. The van der Waals surface area contributed by atoms with Gasteiger partial charge in [0.2, 0.25) is 0 Å². The number of carboxylic acid groups (broad SMARTS) is 1. The molecule has 1 aromatic rings. The van der Waals surface area contributed by atoms with Crippen molar-refractivity contribution in [2.24, 2.45) is 5.73 Å². The molecule has 0 aliphatic rings. The normalized spacial score (nSPS) is 12.1. The first-order valence-corrected chi connectivity index (χ1v) is 5.28. The predicted octanol–water partition coefficient (Wildman–Crippen LogP) is 1.59. The SMILES string of the molecule is NC(CCCC(=O)c1ccc(F)cc1)C(=O)O. The summed E-state index contributed by atoms with van der Waals surface area (Å²) >= 11 is 0. The topological polar surface area (TPSA) is 80.4 Å². The Balaban J connectivity index is 2.40. The summed E-state index contributed by atoms with van der Waals surface area (Å²) in [6.45, 7) is 0. The summed E-state index contributed by atoms with van der Waals surface area (Å²) in [7, 11) is 0. The summed E-state index contributed by atoms with van der Waals surface area (Å²) in [6.07, 6.45) is 0.874. The molecule has 0 bridgehead atoms. The summed E-state index contributed by atoms with van der Waals surface area (Å²) in [6, 6.07) is 4.33. The summed E-state index contributed by atoms with van der Waals surface area (Å²) in [4.78, 5) is 22.0. The van der Waals surface area contributed by atoms with E-state index in [0.29, 0.717) is 12.0 Å². The molecule has 1 unspecified atom stereocenters. The fourth-order valence-electron chi connectivity index (χ4n) is 1.39. The molecular weight excluding hydrogens is 225 g/mol. The molecule has 0 aliphatic heterocycles. The largest absolute Gasteiger partial charge is 0.480 e. The Labute approximate surface area is 98.2 Å². The van der Waals surface area contributed by atoms with Gasteiger partial charge in [-0.3, -0.25) is 9.59 Å². The van der Waals surface area contributed by atoms with Crippen LogP contribution in [0.15, 0.2) is 24.3 Å². The van der Waals surface area contributed by atoms with Crippen molar-refractivity contribution in [2.45, 2.75) is 25.3 Å². The van der Waals surface area contributed by atoms with E-state index in [1.54, 1.807) is 0 Å². The Morgan fingerprint density at radius 3 is 2.41 bits per heavy atom. The Morgan fingerprint density at radius 2 is 1.88 bits per heavy atom. The third kappa shape index (κ3) is 4.32. The van der Waals surface area contributed by atoms with Gasteiger partial charge >= 0.3 is 5.97 Å². The van der Waals surface area contributed by atoms with Gasteiger partial charge < -0.3 is 10.8 Å². The number of benzene rings is 1. The van der Waals surface area contributed by atoms with Crippen molar-refractivity contribution >= 4 is 11.8 Å². The first kappa shape index (κ1) is 13.3. The lowest BCUT2D eigenvalue weighted by atomic mass is 10.0. The fraction of sp³-hybridized carbons (Fsp3) is 0.333. The van der Waals surface area contributed by atoms with Crippen LogP contribution in [0.5, 0.6) is 0 Å². The van der Waals surface area contributed by atoms with Gasteiger partial charge in [0.15, 0.2) is 5.78 Å². The molecule has 0 saturated heterocycles. The van der Waals surface area contributed by atoms with Crippen LogP contribution in [0.3, 0.4) is 0 Å². The molecule has 0 amide bonds. The number of nitrogens with two attached hydrogens (primary N) is 1. The molecule has 5 heteroatoms. The van der Waals surface area contributed by atoms with E-state index in [4.69, 9.17) is 10.8 Å². The number of rotatable bonds is 6. The summed E-state index contributed by atoms with van der Waals surface area (Å²) in [5.41, 5.74) is 5.73. The van der Waals surface area contributed by atoms with E-state index < -0.39 is 17.8 Å². The first-order chi connectivity index (χ1) is 8.00. The number of carboxylic acids is 1. The number of aliphatic carboxylic acids is 1. The maximum absolute atomic E-state index is 12.6. The van der Waals surface area contributed by atoms with Crippen molar-refractivity contribution in [3.05, 3.63) is 35.6 Å². The molecule has 17 heavy (non-hydrogen) atoms. The molecule has 1 rings (SSSR count). The second kappa shape index (κ2) is 6.10. The van der Waals surface area contributed by atoms with Crippen LogP contribution in [0, 0.1) is 5.82 Å². The van der Waals surface area contributed by atoms with Crippen LogP contribution >= 0.6 is 0 Å². The van der Waals surface area contributed by atoms with Crippen molar-refractivity contribution in [1.82, 2.24) is 0 Å². The number of carbonyl (C=O) groups is 2. The van der Waals surface area contributed by atoms with Crippen LogP contribution in [0.4, 0.5) is 4.39 Å². The van der Waals surface area contributed by atoms with Crippen LogP contribution < -0.4 is 5.73 Å². The van der Waals surface area contributed by atoms with E-state index in [-0.39, 0.29) is 18.6 Å². The van der Waals surface area contributed by atoms with E-state index in [1.165, 1.54) is 24.3 Å². The molecule has 4 nitrogen and oxygen atoms in total. The number of carbonyl (C=O) groups excluding carboxylic acids is 1. The highest BCUT2D eigenvalue weighted by Crippen LogP contribution is 2.09. The number of Topliss-reactive ketones (excluding diaryl/α,β-unsaturated/α-hetero) is 1. The van der Waals surface area contributed by atoms with Gasteiger partial charge in [-0.05, 0) is 37.1 Å². The minimum Gasteiger partial charge on any atom is -0.480 e. The molecule has 0 aromatic heterocycles. The molecular formula is C12H14FNO3. The van der Waals surface area contributed by atoms with Gasteiger partial charge in [0, 0.05) is 12.0 Å². The lowest BCUT2D eigenvalue weighted by molar-refractivity contribution is -0.138. The van der Waals surface area contributed by atoms with E-state index in [2.05, 4.69) is 0 Å².